The van der Waals surface area contributed by atoms with Crippen molar-refractivity contribution >= 4 is 5.91 Å². The van der Waals surface area contributed by atoms with Crippen LogP contribution in [0.3, 0.4) is 0 Å². The van der Waals surface area contributed by atoms with Crippen LogP contribution in [0.25, 0.3) is 0 Å². The molecule has 22 heavy (non-hydrogen) atoms. The van der Waals surface area contributed by atoms with Crippen LogP contribution in [-0.4, -0.2) is 47.7 Å². The third-order valence-corrected chi connectivity index (χ3v) is 4.21. The van der Waals surface area contributed by atoms with E-state index in [9.17, 15) is 9.90 Å². The van der Waals surface area contributed by atoms with E-state index in [-0.39, 0.29) is 11.9 Å². The molecule has 3 N–H and O–H groups in total. The summed E-state index contributed by atoms with van der Waals surface area (Å²) in [6, 6.07) is 8.11. The molecule has 2 atom stereocenters. The fourth-order valence-electron chi connectivity index (χ4n) is 2.70. The highest BCUT2D eigenvalue weighted by Crippen LogP contribution is 2.09. The summed E-state index contributed by atoms with van der Waals surface area (Å²) in [5.74, 6) is -0.0382. The quantitative estimate of drug-likeness (QED) is 0.699. The van der Waals surface area contributed by atoms with Crippen LogP contribution >= 0.6 is 0 Å². The molecule has 0 spiro atoms. The largest absolute Gasteiger partial charge is 0.392 e. The number of amides is 1. The molecule has 1 fully saturated rings. The lowest BCUT2D eigenvalue weighted by Crippen LogP contribution is -2.40. The number of nitrogens with one attached hydrogen (secondary N) is 2. The van der Waals surface area contributed by atoms with Gasteiger partial charge in [0.25, 0.3) is 0 Å². The van der Waals surface area contributed by atoms with E-state index < -0.39 is 6.10 Å². The van der Waals surface area contributed by atoms with Gasteiger partial charge in [-0.2, -0.15) is 0 Å². The lowest BCUT2D eigenvalue weighted by atomic mass is 10.1. The Morgan fingerprint density at radius 2 is 1.91 bits per heavy atom. The van der Waals surface area contributed by atoms with E-state index in [0.29, 0.717) is 19.5 Å². The Kier molecular flexibility index (Phi) is 6.36. The van der Waals surface area contributed by atoms with E-state index in [1.807, 2.05) is 0 Å². The van der Waals surface area contributed by atoms with E-state index in [1.165, 1.54) is 5.56 Å². The fourth-order valence-corrected chi connectivity index (χ4v) is 2.70. The molecule has 0 saturated carbocycles. The number of benzene rings is 1. The number of hydrogen-bond donors (Lipinski definition) is 3. The predicted molar refractivity (Wildman–Crippen MR) is 87.3 cm³/mol. The molecule has 1 aliphatic heterocycles. The van der Waals surface area contributed by atoms with Crippen molar-refractivity contribution in [2.75, 3.05) is 19.6 Å². The Balaban J connectivity index is 1.80. The summed E-state index contributed by atoms with van der Waals surface area (Å²) < 4.78 is 0. The number of nitrogens with zero attached hydrogens (tertiary/aromatic N) is 1. The molecule has 1 saturated heterocycles. The highest BCUT2D eigenvalue weighted by Gasteiger charge is 2.27. The van der Waals surface area contributed by atoms with Crippen LogP contribution in [0.4, 0.5) is 0 Å². The van der Waals surface area contributed by atoms with Gasteiger partial charge in [0.05, 0.1) is 12.1 Å². The lowest BCUT2D eigenvalue weighted by Gasteiger charge is -2.18. The molecule has 5 nitrogen and oxygen atoms in total. The van der Waals surface area contributed by atoms with Crippen molar-refractivity contribution in [1.82, 2.24) is 15.5 Å². The Hall–Kier alpha value is -1.43. The normalized spacial score (nSPS) is 21.3. The number of aliphatic hydroxyl groups is 1. The second-order valence-corrected chi connectivity index (χ2v) is 5.85. The molecule has 122 valence electrons. The lowest BCUT2D eigenvalue weighted by molar-refractivity contribution is -0.123. The zero-order valence-electron chi connectivity index (χ0n) is 13.5. The van der Waals surface area contributed by atoms with E-state index in [4.69, 9.17) is 0 Å². The van der Waals surface area contributed by atoms with Gasteiger partial charge in [-0.3, -0.25) is 9.69 Å². The van der Waals surface area contributed by atoms with Gasteiger partial charge in [0, 0.05) is 19.6 Å². The molecule has 1 amide bonds. The van der Waals surface area contributed by atoms with Crippen molar-refractivity contribution in [2.24, 2.45) is 0 Å². The zero-order valence-corrected chi connectivity index (χ0v) is 13.5. The van der Waals surface area contributed by atoms with Crippen molar-refractivity contribution in [2.45, 2.75) is 45.5 Å². The van der Waals surface area contributed by atoms with Gasteiger partial charge < -0.3 is 15.7 Å². The third-order valence-electron chi connectivity index (χ3n) is 4.21. The summed E-state index contributed by atoms with van der Waals surface area (Å²) in [4.78, 5) is 14.3. The molecule has 2 unspecified atom stereocenters. The number of rotatable bonds is 7. The van der Waals surface area contributed by atoms with Gasteiger partial charge in [-0.15, -0.1) is 0 Å². The van der Waals surface area contributed by atoms with Crippen molar-refractivity contribution in [3.8, 4) is 0 Å². The smallest absolute Gasteiger partial charge is 0.237 e. The van der Waals surface area contributed by atoms with Gasteiger partial charge >= 0.3 is 0 Å². The maximum Gasteiger partial charge on any atom is 0.237 e. The number of hydrogen-bond acceptors (Lipinski definition) is 4. The van der Waals surface area contributed by atoms with Gasteiger partial charge in [-0.05, 0) is 30.6 Å². The first kappa shape index (κ1) is 16.9. The molecule has 1 aromatic rings. The Morgan fingerprint density at radius 3 is 2.45 bits per heavy atom. The monoisotopic (exact) mass is 305 g/mol. The van der Waals surface area contributed by atoms with Crippen molar-refractivity contribution in [3.63, 3.8) is 0 Å². The number of carbonyl (C=O) groups excluding carboxylic acids is 1. The van der Waals surface area contributed by atoms with E-state index >= 15 is 0 Å². The van der Waals surface area contributed by atoms with Crippen LogP contribution in [0.2, 0.25) is 0 Å². The highest BCUT2D eigenvalue weighted by molar-refractivity contribution is 5.82. The van der Waals surface area contributed by atoms with Gasteiger partial charge in [-0.1, -0.05) is 38.1 Å². The number of aliphatic hydroxyl groups excluding tert-OH is 1. The van der Waals surface area contributed by atoms with Crippen LogP contribution in [0.5, 0.6) is 0 Å². The maximum atomic E-state index is 12.0. The first-order chi connectivity index (χ1) is 10.6. The number of carbonyl (C=O) groups is 1. The van der Waals surface area contributed by atoms with Crippen LogP contribution in [-0.2, 0) is 17.9 Å². The average molecular weight is 305 g/mol. The van der Waals surface area contributed by atoms with Gasteiger partial charge in [0.2, 0.25) is 5.91 Å². The van der Waals surface area contributed by atoms with E-state index in [2.05, 4.69) is 53.6 Å². The van der Waals surface area contributed by atoms with Crippen LogP contribution < -0.4 is 10.6 Å². The van der Waals surface area contributed by atoms with E-state index in [0.717, 1.165) is 25.2 Å². The molecule has 0 aromatic heterocycles. The molecule has 0 aliphatic carbocycles. The molecule has 5 heteroatoms. The third kappa shape index (κ3) is 4.80. The minimum absolute atomic E-state index is 0.0382. The van der Waals surface area contributed by atoms with Crippen LogP contribution in [0.1, 0.15) is 31.4 Å². The predicted octanol–water partition coefficient (Wildman–Crippen LogP) is 0.867. The summed E-state index contributed by atoms with van der Waals surface area (Å²) in [5, 5.41) is 15.4. The molecule has 1 aliphatic rings. The van der Waals surface area contributed by atoms with Gasteiger partial charge in [0.1, 0.15) is 0 Å². The molecule has 0 radical (unpaired) electrons. The second-order valence-electron chi connectivity index (χ2n) is 5.85. The summed E-state index contributed by atoms with van der Waals surface area (Å²) in [5.41, 5.74) is 2.38. The Morgan fingerprint density at radius 1 is 1.27 bits per heavy atom. The second kappa shape index (κ2) is 8.27. The topological polar surface area (TPSA) is 64.6 Å². The Labute approximate surface area is 132 Å². The van der Waals surface area contributed by atoms with Crippen molar-refractivity contribution in [1.29, 1.82) is 0 Å². The van der Waals surface area contributed by atoms with E-state index in [1.54, 1.807) is 0 Å². The minimum Gasteiger partial charge on any atom is -0.392 e. The van der Waals surface area contributed by atoms with Gasteiger partial charge in [0.15, 0.2) is 0 Å². The molecular formula is C17H27N3O2. The molecule has 0 bridgehead atoms. The maximum absolute atomic E-state index is 12.0. The molecule has 1 aromatic carbocycles. The number of β-amino-alcohol motifs (C(OH)–C–C–N with tert-alkyl or cyclic N) is 1. The minimum atomic E-state index is -0.407. The zero-order chi connectivity index (χ0) is 15.9. The summed E-state index contributed by atoms with van der Waals surface area (Å²) >= 11 is 0. The average Bonchev–Trinajstić information content (AvgIpc) is 2.98. The summed E-state index contributed by atoms with van der Waals surface area (Å²) in [6.45, 7) is 8.42. The van der Waals surface area contributed by atoms with Crippen LogP contribution in [0, 0.1) is 0 Å². The highest BCUT2D eigenvalue weighted by atomic mass is 16.3. The fraction of sp³-hybridized carbons (Fsp3) is 0.588. The standard InChI is InChI=1S/C17H27N3O2/c1-3-20(4-2)12-14-7-5-13(6-8-14)10-19-17(22)16-9-15(21)11-18-16/h5-8,15-16,18,21H,3-4,9-12H2,1-2H3,(H,19,22). The first-order valence-electron chi connectivity index (χ1n) is 8.11. The first-order valence-corrected chi connectivity index (χ1v) is 8.11. The van der Waals surface area contributed by atoms with Crippen molar-refractivity contribution in [3.05, 3.63) is 35.4 Å². The molecule has 1 heterocycles. The summed E-state index contributed by atoms with van der Waals surface area (Å²) in [6.07, 6.45) is 0.0874. The van der Waals surface area contributed by atoms with Crippen molar-refractivity contribution < 1.29 is 9.90 Å². The Bertz CT molecular complexity index is 471. The SMILES string of the molecule is CCN(CC)Cc1ccc(CNC(=O)C2CC(O)CN2)cc1. The summed E-state index contributed by atoms with van der Waals surface area (Å²) in [7, 11) is 0. The molecular weight excluding hydrogens is 278 g/mol. The molecule has 2 rings (SSSR count). The van der Waals surface area contributed by atoms with Gasteiger partial charge in [-0.25, -0.2) is 0 Å². The van der Waals surface area contributed by atoms with Crippen LogP contribution in [0.15, 0.2) is 24.3 Å².